The number of hydrogen-bond donors (Lipinski definition) is 1. The standard InChI is InChI=1S/C8H14N2O2.ClH/c1-10(12-2)8(11)7-4-5-3-6(5)9-7;/h5-7,9H,3-4H2,1-2H3;1H/t5-,6-,7+;/m1./s1. The molecule has 1 aliphatic heterocycles. The lowest BCUT2D eigenvalue weighted by molar-refractivity contribution is -0.170. The lowest BCUT2D eigenvalue weighted by Gasteiger charge is -2.19. The van der Waals surface area contributed by atoms with Crippen molar-refractivity contribution in [1.29, 1.82) is 0 Å². The quantitative estimate of drug-likeness (QED) is 0.656. The van der Waals surface area contributed by atoms with Crippen LogP contribution >= 0.6 is 12.4 Å². The Morgan fingerprint density at radius 3 is 2.69 bits per heavy atom. The minimum absolute atomic E-state index is 0. The van der Waals surface area contributed by atoms with Gasteiger partial charge < -0.3 is 5.32 Å². The van der Waals surface area contributed by atoms with Crippen LogP contribution in [0.5, 0.6) is 0 Å². The largest absolute Gasteiger partial charge is 0.303 e. The lowest BCUT2D eigenvalue weighted by atomic mass is 10.2. The number of carbonyl (C=O) groups is 1. The van der Waals surface area contributed by atoms with Gasteiger partial charge in [-0.15, -0.1) is 12.4 Å². The average molecular weight is 207 g/mol. The molecular weight excluding hydrogens is 192 g/mol. The lowest BCUT2D eigenvalue weighted by Crippen LogP contribution is -2.42. The highest BCUT2D eigenvalue weighted by Crippen LogP contribution is 2.40. The molecule has 2 aliphatic rings. The van der Waals surface area contributed by atoms with Gasteiger partial charge in [0.1, 0.15) is 0 Å². The molecule has 1 amide bonds. The summed E-state index contributed by atoms with van der Waals surface area (Å²) in [5.74, 6) is 0.800. The molecule has 1 aliphatic carbocycles. The number of nitrogens with one attached hydrogen (secondary N) is 1. The van der Waals surface area contributed by atoms with E-state index in [1.54, 1.807) is 7.05 Å². The highest BCUT2D eigenvalue weighted by atomic mass is 35.5. The Labute approximate surface area is 84.0 Å². The van der Waals surface area contributed by atoms with Gasteiger partial charge in [0.05, 0.1) is 13.2 Å². The molecule has 1 N–H and O–H groups in total. The van der Waals surface area contributed by atoms with E-state index in [-0.39, 0.29) is 24.4 Å². The molecule has 0 unspecified atom stereocenters. The van der Waals surface area contributed by atoms with Gasteiger partial charge in [-0.3, -0.25) is 9.63 Å². The molecule has 2 rings (SSSR count). The molecule has 0 aromatic rings. The molecule has 0 radical (unpaired) electrons. The topological polar surface area (TPSA) is 41.6 Å². The van der Waals surface area contributed by atoms with Crippen molar-refractivity contribution in [1.82, 2.24) is 10.4 Å². The Hall–Kier alpha value is -0.320. The summed E-state index contributed by atoms with van der Waals surface area (Å²) in [4.78, 5) is 16.3. The van der Waals surface area contributed by atoms with Crippen LogP contribution in [0.1, 0.15) is 12.8 Å². The monoisotopic (exact) mass is 206 g/mol. The molecule has 4 nitrogen and oxygen atoms in total. The molecule has 0 aromatic carbocycles. The molecule has 3 atom stereocenters. The number of nitrogens with zero attached hydrogens (tertiary/aromatic N) is 1. The maximum Gasteiger partial charge on any atom is 0.262 e. The first kappa shape index (κ1) is 10.8. The molecule has 0 spiro atoms. The zero-order valence-electron chi connectivity index (χ0n) is 7.82. The Bertz CT molecular complexity index is 202. The number of hydrogen-bond acceptors (Lipinski definition) is 3. The van der Waals surface area contributed by atoms with E-state index in [2.05, 4.69) is 5.32 Å². The smallest absolute Gasteiger partial charge is 0.262 e. The second-order valence-electron chi connectivity index (χ2n) is 3.58. The van der Waals surface area contributed by atoms with Crippen LogP contribution in [0.3, 0.4) is 0 Å². The van der Waals surface area contributed by atoms with Gasteiger partial charge in [-0.25, -0.2) is 5.06 Å². The van der Waals surface area contributed by atoms with E-state index < -0.39 is 0 Å². The van der Waals surface area contributed by atoms with E-state index in [0.717, 1.165) is 12.3 Å². The van der Waals surface area contributed by atoms with Crippen molar-refractivity contribution in [3.8, 4) is 0 Å². The second-order valence-corrected chi connectivity index (χ2v) is 3.58. The molecular formula is C8H15ClN2O2. The first-order valence-corrected chi connectivity index (χ1v) is 4.30. The third-order valence-corrected chi connectivity index (χ3v) is 2.76. The summed E-state index contributed by atoms with van der Waals surface area (Å²) in [6.07, 6.45) is 2.23. The maximum atomic E-state index is 11.5. The van der Waals surface area contributed by atoms with Crippen molar-refractivity contribution in [2.24, 2.45) is 5.92 Å². The van der Waals surface area contributed by atoms with Crippen molar-refractivity contribution in [2.75, 3.05) is 14.2 Å². The van der Waals surface area contributed by atoms with Crippen molar-refractivity contribution >= 4 is 18.3 Å². The van der Waals surface area contributed by atoms with Gasteiger partial charge in [-0.05, 0) is 18.8 Å². The SMILES string of the molecule is CON(C)C(=O)[C@@H]1C[C@H]2C[C@H]2N1.Cl. The summed E-state index contributed by atoms with van der Waals surface area (Å²) in [6, 6.07) is 0.614. The predicted octanol–water partition coefficient (Wildman–Crippen LogP) is 0.178. The summed E-state index contributed by atoms with van der Waals surface area (Å²) in [5, 5.41) is 4.57. The fraction of sp³-hybridized carbons (Fsp3) is 0.875. The Morgan fingerprint density at radius 1 is 1.54 bits per heavy atom. The first-order chi connectivity index (χ1) is 5.72. The van der Waals surface area contributed by atoms with Crippen LogP contribution in [-0.4, -0.2) is 37.2 Å². The van der Waals surface area contributed by atoms with Gasteiger partial charge in [-0.1, -0.05) is 0 Å². The minimum atomic E-state index is -0.00120. The fourth-order valence-electron chi connectivity index (χ4n) is 1.82. The number of amides is 1. The van der Waals surface area contributed by atoms with E-state index in [0.29, 0.717) is 6.04 Å². The van der Waals surface area contributed by atoms with Gasteiger partial charge in [0.25, 0.3) is 5.91 Å². The zero-order chi connectivity index (χ0) is 8.72. The molecule has 1 saturated carbocycles. The number of carbonyl (C=O) groups excluding carboxylic acids is 1. The number of halogens is 1. The third kappa shape index (κ3) is 1.95. The Balaban J connectivity index is 0.000000845. The molecule has 0 aromatic heterocycles. The van der Waals surface area contributed by atoms with Crippen molar-refractivity contribution in [2.45, 2.75) is 24.9 Å². The van der Waals surface area contributed by atoms with Crippen LogP contribution in [0.4, 0.5) is 0 Å². The average Bonchev–Trinajstić information content (AvgIpc) is 2.71. The zero-order valence-corrected chi connectivity index (χ0v) is 8.63. The second kappa shape index (κ2) is 3.82. The first-order valence-electron chi connectivity index (χ1n) is 4.30. The van der Waals surface area contributed by atoms with Gasteiger partial charge in [0.15, 0.2) is 0 Å². The summed E-state index contributed by atoms with van der Waals surface area (Å²) in [7, 11) is 3.15. The van der Waals surface area contributed by atoms with Crippen LogP contribution in [0.2, 0.25) is 0 Å². The Kier molecular flexibility index (Phi) is 3.16. The summed E-state index contributed by atoms with van der Waals surface area (Å²) < 4.78 is 0. The molecule has 76 valence electrons. The Morgan fingerprint density at radius 2 is 2.23 bits per heavy atom. The number of piperidine rings is 1. The van der Waals surface area contributed by atoms with Gasteiger partial charge in [0, 0.05) is 13.1 Å². The van der Waals surface area contributed by atoms with Crippen LogP contribution in [-0.2, 0) is 9.63 Å². The predicted molar refractivity (Wildman–Crippen MR) is 50.5 cm³/mol. The summed E-state index contributed by atoms with van der Waals surface area (Å²) >= 11 is 0. The van der Waals surface area contributed by atoms with Crippen LogP contribution in [0.15, 0.2) is 0 Å². The van der Waals surface area contributed by atoms with E-state index in [4.69, 9.17) is 4.84 Å². The number of fused-ring (bicyclic) bond motifs is 1. The highest BCUT2D eigenvalue weighted by Gasteiger charge is 2.48. The molecule has 13 heavy (non-hydrogen) atoms. The van der Waals surface area contributed by atoms with Crippen molar-refractivity contribution in [3.05, 3.63) is 0 Å². The van der Waals surface area contributed by atoms with Crippen LogP contribution in [0, 0.1) is 5.92 Å². The van der Waals surface area contributed by atoms with E-state index in [1.165, 1.54) is 18.6 Å². The molecule has 1 saturated heterocycles. The molecule has 2 fully saturated rings. The van der Waals surface area contributed by atoms with E-state index >= 15 is 0 Å². The normalized spacial score (nSPS) is 34.8. The fourth-order valence-corrected chi connectivity index (χ4v) is 1.82. The molecule has 1 heterocycles. The number of rotatable bonds is 2. The van der Waals surface area contributed by atoms with Crippen molar-refractivity contribution < 1.29 is 9.63 Å². The highest BCUT2D eigenvalue weighted by molar-refractivity contribution is 5.85. The summed E-state index contributed by atoms with van der Waals surface area (Å²) in [6.45, 7) is 0. The third-order valence-electron chi connectivity index (χ3n) is 2.76. The van der Waals surface area contributed by atoms with Gasteiger partial charge in [-0.2, -0.15) is 0 Å². The van der Waals surface area contributed by atoms with E-state index in [1.807, 2.05) is 0 Å². The van der Waals surface area contributed by atoms with Gasteiger partial charge in [0.2, 0.25) is 0 Å². The number of likely N-dealkylation sites (N-methyl/N-ethyl adjacent to an activating group) is 1. The van der Waals surface area contributed by atoms with Crippen LogP contribution in [0.25, 0.3) is 0 Å². The minimum Gasteiger partial charge on any atom is -0.303 e. The molecule has 5 heteroatoms. The van der Waals surface area contributed by atoms with E-state index in [9.17, 15) is 4.79 Å². The molecule has 0 bridgehead atoms. The van der Waals surface area contributed by atoms with Gasteiger partial charge >= 0.3 is 0 Å². The van der Waals surface area contributed by atoms with Crippen molar-refractivity contribution in [3.63, 3.8) is 0 Å². The summed E-state index contributed by atoms with van der Waals surface area (Å²) in [5.41, 5.74) is 0. The van der Waals surface area contributed by atoms with Crippen LogP contribution < -0.4 is 5.32 Å². The maximum absolute atomic E-state index is 11.5. The number of hydroxylamine groups is 2.